The Balaban J connectivity index is 0. The van der Waals surface area contributed by atoms with Crippen molar-refractivity contribution in [2.24, 2.45) is 0 Å². The van der Waals surface area contributed by atoms with E-state index >= 15 is 0 Å². The number of methoxy groups -OCH3 is 2. The molecule has 8 heteroatoms. The fourth-order valence-electron chi connectivity index (χ4n) is 1.75. The zero-order valence-electron chi connectivity index (χ0n) is 16.3. The van der Waals surface area contributed by atoms with Crippen molar-refractivity contribution in [3.63, 3.8) is 0 Å². The molecule has 8 nitrogen and oxygen atoms in total. The highest BCUT2D eigenvalue weighted by molar-refractivity contribution is 5.71. The SMILES string of the molecule is CCOC(=O)CCCCC(=O)OCC.COC(=O)CCCCC(=O)OC. The first-order chi connectivity index (χ1) is 12.4. The molecule has 0 fully saturated rings. The number of hydrogen-bond donors (Lipinski definition) is 0. The Morgan fingerprint density at radius 2 is 0.808 bits per heavy atom. The highest BCUT2D eigenvalue weighted by Crippen LogP contribution is 2.03. The fraction of sp³-hybridized carbons (Fsp3) is 0.778. The first kappa shape index (κ1) is 26.1. The molecule has 0 aliphatic rings. The van der Waals surface area contributed by atoms with E-state index in [0.29, 0.717) is 64.6 Å². The number of unbranched alkanes of at least 4 members (excludes halogenated alkanes) is 2. The summed E-state index contributed by atoms with van der Waals surface area (Å²) in [5.41, 5.74) is 0. The normalized spacial score (nSPS) is 9.38. The lowest BCUT2D eigenvalue weighted by atomic mass is 10.2. The van der Waals surface area contributed by atoms with E-state index in [2.05, 4.69) is 9.47 Å². The summed E-state index contributed by atoms with van der Waals surface area (Å²) in [5.74, 6) is -0.868. The van der Waals surface area contributed by atoms with Crippen LogP contribution >= 0.6 is 0 Å². The maximum atomic E-state index is 10.9. The zero-order valence-corrected chi connectivity index (χ0v) is 16.3. The molecule has 0 N–H and O–H groups in total. The molecule has 0 saturated carbocycles. The molecule has 0 spiro atoms. The highest BCUT2D eigenvalue weighted by atomic mass is 16.5. The molecule has 0 aliphatic heterocycles. The molecule has 0 saturated heterocycles. The van der Waals surface area contributed by atoms with Crippen LogP contribution in [0.1, 0.15) is 65.2 Å². The third-order valence-corrected chi connectivity index (χ3v) is 3.09. The van der Waals surface area contributed by atoms with Gasteiger partial charge in [0.2, 0.25) is 0 Å². The van der Waals surface area contributed by atoms with E-state index in [0.717, 1.165) is 0 Å². The van der Waals surface area contributed by atoms with Crippen LogP contribution in [-0.4, -0.2) is 51.3 Å². The Hall–Kier alpha value is -2.12. The molecule has 0 aromatic heterocycles. The Bertz CT molecular complexity index is 368. The zero-order chi connectivity index (χ0) is 20.2. The number of esters is 4. The van der Waals surface area contributed by atoms with Crippen molar-refractivity contribution in [3.8, 4) is 0 Å². The van der Waals surface area contributed by atoms with E-state index in [1.165, 1.54) is 14.2 Å². The summed E-state index contributed by atoms with van der Waals surface area (Å²) in [6.07, 6.45) is 4.19. The molecule has 0 aromatic carbocycles. The Kier molecular flexibility index (Phi) is 19.3. The first-order valence-electron chi connectivity index (χ1n) is 8.86. The van der Waals surface area contributed by atoms with Gasteiger partial charge in [0.1, 0.15) is 0 Å². The summed E-state index contributed by atoms with van der Waals surface area (Å²) < 4.78 is 18.3. The third-order valence-electron chi connectivity index (χ3n) is 3.09. The standard InChI is InChI=1S/C10H18O4.C8H14O4/c1-3-13-9(11)7-5-6-8-10(12)14-4-2;1-11-7(9)5-3-4-6-8(10)12-2/h3-8H2,1-2H3;3-6H2,1-2H3. The van der Waals surface area contributed by atoms with Crippen molar-refractivity contribution in [1.29, 1.82) is 0 Å². The van der Waals surface area contributed by atoms with Gasteiger partial charge in [-0.1, -0.05) is 0 Å². The molecule has 0 radical (unpaired) electrons. The highest BCUT2D eigenvalue weighted by Gasteiger charge is 2.04. The van der Waals surface area contributed by atoms with Crippen molar-refractivity contribution < 1.29 is 38.1 Å². The van der Waals surface area contributed by atoms with Gasteiger partial charge in [0.05, 0.1) is 27.4 Å². The van der Waals surface area contributed by atoms with Gasteiger partial charge in [0.15, 0.2) is 0 Å². The summed E-state index contributed by atoms with van der Waals surface area (Å²) in [7, 11) is 2.70. The molecule has 0 unspecified atom stereocenters. The third kappa shape index (κ3) is 19.9. The molecule has 0 bridgehead atoms. The maximum Gasteiger partial charge on any atom is 0.305 e. The maximum absolute atomic E-state index is 10.9. The van der Waals surface area contributed by atoms with Crippen molar-refractivity contribution in [3.05, 3.63) is 0 Å². The van der Waals surface area contributed by atoms with Gasteiger partial charge in [-0.25, -0.2) is 0 Å². The first-order valence-corrected chi connectivity index (χ1v) is 8.86. The van der Waals surface area contributed by atoms with Crippen molar-refractivity contribution in [2.75, 3.05) is 27.4 Å². The molecule has 0 heterocycles. The largest absolute Gasteiger partial charge is 0.469 e. The lowest BCUT2D eigenvalue weighted by Crippen LogP contribution is -2.06. The van der Waals surface area contributed by atoms with Crippen molar-refractivity contribution in [1.82, 2.24) is 0 Å². The predicted molar refractivity (Wildman–Crippen MR) is 94.2 cm³/mol. The smallest absolute Gasteiger partial charge is 0.305 e. The summed E-state index contributed by atoms with van der Waals surface area (Å²) in [6, 6.07) is 0. The van der Waals surface area contributed by atoms with Crippen molar-refractivity contribution >= 4 is 23.9 Å². The molecule has 26 heavy (non-hydrogen) atoms. The second kappa shape index (κ2) is 19.2. The van der Waals surface area contributed by atoms with Gasteiger partial charge >= 0.3 is 23.9 Å². The van der Waals surface area contributed by atoms with Gasteiger partial charge in [0.25, 0.3) is 0 Å². The number of carbonyl (C=O) groups is 4. The van der Waals surface area contributed by atoms with Gasteiger partial charge in [-0.05, 0) is 39.5 Å². The van der Waals surface area contributed by atoms with Crippen LogP contribution in [-0.2, 0) is 38.1 Å². The average molecular weight is 376 g/mol. The molecule has 0 rings (SSSR count). The van der Waals surface area contributed by atoms with Gasteiger partial charge in [-0.3, -0.25) is 19.2 Å². The lowest BCUT2D eigenvalue weighted by Gasteiger charge is -2.02. The van der Waals surface area contributed by atoms with Crippen LogP contribution in [0, 0.1) is 0 Å². The monoisotopic (exact) mass is 376 g/mol. The quantitative estimate of drug-likeness (QED) is 0.291. The second-order valence-corrected chi connectivity index (χ2v) is 5.18. The topological polar surface area (TPSA) is 105 Å². The Labute approximate surface area is 155 Å². The van der Waals surface area contributed by atoms with E-state index in [-0.39, 0.29) is 23.9 Å². The van der Waals surface area contributed by atoms with Crippen LogP contribution in [0.25, 0.3) is 0 Å². The van der Waals surface area contributed by atoms with Gasteiger partial charge < -0.3 is 18.9 Å². The minimum absolute atomic E-state index is 0.198. The fourth-order valence-corrected chi connectivity index (χ4v) is 1.75. The van der Waals surface area contributed by atoms with E-state index in [9.17, 15) is 19.2 Å². The second-order valence-electron chi connectivity index (χ2n) is 5.18. The predicted octanol–water partition coefficient (Wildman–Crippen LogP) is 2.57. The molecule has 0 atom stereocenters. The van der Waals surface area contributed by atoms with Crippen LogP contribution in [0.5, 0.6) is 0 Å². The van der Waals surface area contributed by atoms with Gasteiger partial charge in [-0.15, -0.1) is 0 Å². The summed E-state index contributed by atoms with van der Waals surface area (Å²) >= 11 is 0. The summed E-state index contributed by atoms with van der Waals surface area (Å²) in [6.45, 7) is 4.38. The minimum atomic E-state index is -0.236. The van der Waals surface area contributed by atoms with Crippen LogP contribution in [0.15, 0.2) is 0 Å². The molecular weight excluding hydrogens is 344 g/mol. The lowest BCUT2D eigenvalue weighted by molar-refractivity contribution is -0.145. The van der Waals surface area contributed by atoms with E-state index in [4.69, 9.17) is 9.47 Å². The molecule has 0 amide bonds. The van der Waals surface area contributed by atoms with Crippen LogP contribution in [0.3, 0.4) is 0 Å². The number of ether oxygens (including phenoxy) is 4. The Morgan fingerprint density at radius 3 is 1.04 bits per heavy atom. The van der Waals surface area contributed by atoms with Crippen LogP contribution in [0.2, 0.25) is 0 Å². The van der Waals surface area contributed by atoms with Gasteiger partial charge in [-0.2, -0.15) is 0 Å². The number of carbonyl (C=O) groups excluding carboxylic acids is 4. The van der Waals surface area contributed by atoms with Crippen molar-refractivity contribution in [2.45, 2.75) is 65.2 Å². The molecule has 0 aromatic rings. The van der Waals surface area contributed by atoms with E-state index in [1.807, 2.05) is 0 Å². The number of rotatable bonds is 12. The van der Waals surface area contributed by atoms with Crippen LogP contribution < -0.4 is 0 Å². The summed E-state index contributed by atoms with van der Waals surface area (Å²) in [4.78, 5) is 42.9. The van der Waals surface area contributed by atoms with Crippen LogP contribution in [0.4, 0.5) is 0 Å². The molecule has 0 aliphatic carbocycles. The van der Waals surface area contributed by atoms with E-state index in [1.54, 1.807) is 13.8 Å². The summed E-state index contributed by atoms with van der Waals surface area (Å²) in [5, 5.41) is 0. The number of hydrogen-bond acceptors (Lipinski definition) is 8. The van der Waals surface area contributed by atoms with Gasteiger partial charge in [0, 0.05) is 25.7 Å². The van der Waals surface area contributed by atoms with E-state index < -0.39 is 0 Å². The average Bonchev–Trinajstić information content (AvgIpc) is 2.63. The Morgan fingerprint density at radius 1 is 0.538 bits per heavy atom. The molecule has 152 valence electrons. The minimum Gasteiger partial charge on any atom is -0.469 e. The molecular formula is C18H32O8.